The van der Waals surface area contributed by atoms with Crippen molar-refractivity contribution < 1.29 is 9.13 Å². The lowest BCUT2D eigenvalue weighted by Crippen LogP contribution is -2.62. The first-order valence-corrected chi connectivity index (χ1v) is 7.97. The highest BCUT2D eigenvalue weighted by molar-refractivity contribution is 9.10. The summed E-state index contributed by atoms with van der Waals surface area (Å²) in [4.78, 5) is 2.37. The van der Waals surface area contributed by atoms with Crippen LogP contribution >= 0.6 is 15.9 Å². The number of nitrogens with zero attached hydrogens (tertiary/aromatic N) is 1. The van der Waals surface area contributed by atoms with E-state index in [1.165, 1.54) is 6.07 Å². The molecule has 1 unspecified atom stereocenters. The van der Waals surface area contributed by atoms with Crippen LogP contribution in [0.4, 0.5) is 4.39 Å². The van der Waals surface area contributed by atoms with E-state index in [4.69, 9.17) is 10.6 Å². The summed E-state index contributed by atoms with van der Waals surface area (Å²) < 4.78 is 19.8. The van der Waals surface area contributed by atoms with Gasteiger partial charge in [-0.2, -0.15) is 0 Å². The Labute approximate surface area is 133 Å². The summed E-state index contributed by atoms with van der Waals surface area (Å²) in [5.41, 5.74) is 3.68. The molecule has 4 nitrogen and oxygen atoms in total. The number of hydrogen-bond donors (Lipinski definition) is 2. The maximum Gasteiger partial charge on any atom is 0.123 e. The fourth-order valence-corrected chi connectivity index (χ4v) is 3.20. The van der Waals surface area contributed by atoms with Gasteiger partial charge in [0.05, 0.1) is 13.2 Å². The topological polar surface area (TPSA) is 50.5 Å². The maximum absolute atomic E-state index is 13.5. The van der Waals surface area contributed by atoms with Gasteiger partial charge < -0.3 is 4.74 Å². The van der Waals surface area contributed by atoms with Crippen LogP contribution in [0.1, 0.15) is 19.4 Å². The Balaban J connectivity index is 2.16. The predicted octanol–water partition coefficient (Wildman–Crippen LogP) is 2.07. The molecule has 3 N–H and O–H groups in total. The molecule has 118 valence electrons. The van der Waals surface area contributed by atoms with Gasteiger partial charge in [0.2, 0.25) is 0 Å². The van der Waals surface area contributed by atoms with Gasteiger partial charge in [0, 0.05) is 29.1 Å². The first-order valence-electron chi connectivity index (χ1n) is 7.18. The maximum atomic E-state index is 13.5. The largest absolute Gasteiger partial charge is 0.379 e. The lowest BCUT2D eigenvalue weighted by atomic mass is 9.87. The van der Waals surface area contributed by atoms with Crippen LogP contribution in [0.3, 0.4) is 0 Å². The van der Waals surface area contributed by atoms with Gasteiger partial charge in [-0.05, 0) is 44.0 Å². The van der Waals surface area contributed by atoms with Gasteiger partial charge in [0.1, 0.15) is 5.82 Å². The second-order valence-electron chi connectivity index (χ2n) is 5.91. The average molecular weight is 360 g/mol. The number of rotatable bonds is 5. The Hall–Kier alpha value is -0.530. The van der Waals surface area contributed by atoms with Gasteiger partial charge in [0.25, 0.3) is 0 Å². The fourth-order valence-electron chi connectivity index (χ4n) is 2.79. The van der Waals surface area contributed by atoms with Crippen LogP contribution in [0.2, 0.25) is 0 Å². The van der Waals surface area contributed by atoms with E-state index < -0.39 is 0 Å². The van der Waals surface area contributed by atoms with Crippen molar-refractivity contribution >= 4 is 15.9 Å². The van der Waals surface area contributed by atoms with Gasteiger partial charge in [-0.1, -0.05) is 15.9 Å². The molecule has 1 atom stereocenters. The van der Waals surface area contributed by atoms with Gasteiger partial charge >= 0.3 is 0 Å². The molecule has 1 aromatic rings. The molecule has 0 bridgehead atoms. The molecule has 1 aliphatic rings. The predicted molar refractivity (Wildman–Crippen MR) is 85.4 cm³/mol. The third-order valence-corrected chi connectivity index (χ3v) is 5.09. The van der Waals surface area contributed by atoms with E-state index in [0.717, 1.165) is 36.3 Å². The summed E-state index contributed by atoms with van der Waals surface area (Å²) in [5.74, 6) is 5.56. The molecule has 6 heteroatoms. The van der Waals surface area contributed by atoms with Crippen molar-refractivity contribution in [2.75, 3.05) is 26.3 Å². The van der Waals surface area contributed by atoms with Crippen LogP contribution in [0.15, 0.2) is 22.7 Å². The summed E-state index contributed by atoms with van der Waals surface area (Å²) in [6.45, 7) is 7.58. The Bertz CT molecular complexity index is 478. The Morgan fingerprint density at radius 1 is 1.43 bits per heavy atom. The molecule has 0 aromatic heterocycles. The normalized spacial score (nSPS) is 18.7. The molecule has 1 aromatic carbocycles. The highest BCUT2D eigenvalue weighted by Gasteiger charge is 2.36. The van der Waals surface area contributed by atoms with Crippen LogP contribution in [0, 0.1) is 5.82 Å². The second-order valence-corrected chi connectivity index (χ2v) is 6.77. The molecular weight excluding hydrogens is 337 g/mol. The van der Waals surface area contributed by atoms with Crippen molar-refractivity contribution in [3.05, 3.63) is 34.1 Å². The quantitative estimate of drug-likeness (QED) is 0.624. The minimum Gasteiger partial charge on any atom is -0.379 e. The molecule has 0 spiro atoms. The van der Waals surface area contributed by atoms with Crippen molar-refractivity contribution in [3.63, 3.8) is 0 Å². The van der Waals surface area contributed by atoms with Gasteiger partial charge in [-0.15, -0.1) is 0 Å². The lowest BCUT2D eigenvalue weighted by molar-refractivity contribution is -0.0233. The number of nitrogens with one attached hydrogen (secondary N) is 1. The number of halogens is 2. The molecule has 1 aliphatic heterocycles. The standard InChI is InChI=1S/C15H23BrFN3O/c1-15(2,20-5-7-21-8-6-20)14(19-18)10-11-9-12(17)3-4-13(11)16/h3-4,9,14,19H,5-8,10,18H2,1-2H3. The number of nitrogens with two attached hydrogens (primary N) is 1. The second kappa shape index (κ2) is 7.15. The molecule has 1 heterocycles. The van der Waals surface area contributed by atoms with Crippen LogP contribution in [-0.4, -0.2) is 42.8 Å². The monoisotopic (exact) mass is 359 g/mol. The summed E-state index contributed by atoms with van der Waals surface area (Å²) in [6, 6.07) is 4.75. The average Bonchev–Trinajstić information content (AvgIpc) is 2.48. The summed E-state index contributed by atoms with van der Waals surface area (Å²) in [5, 5.41) is 0. The zero-order valence-corrected chi connectivity index (χ0v) is 14.1. The van der Waals surface area contributed by atoms with E-state index in [-0.39, 0.29) is 17.4 Å². The van der Waals surface area contributed by atoms with Gasteiger partial charge in [0.15, 0.2) is 0 Å². The van der Waals surface area contributed by atoms with Crippen LogP contribution in [-0.2, 0) is 11.2 Å². The highest BCUT2D eigenvalue weighted by Crippen LogP contribution is 2.26. The van der Waals surface area contributed by atoms with Crippen LogP contribution in [0.25, 0.3) is 0 Å². The molecule has 0 amide bonds. The molecule has 1 saturated heterocycles. The lowest BCUT2D eigenvalue weighted by Gasteiger charge is -2.45. The van der Waals surface area contributed by atoms with E-state index in [2.05, 4.69) is 40.1 Å². The molecule has 0 radical (unpaired) electrons. The number of hydrogen-bond acceptors (Lipinski definition) is 4. The van der Waals surface area contributed by atoms with Crippen molar-refractivity contribution in [3.8, 4) is 0 Å². The van der Waals surface area contributed by atoms with Crippen molar-refractivity contribution in [1.82, 2.24) is 10.3 Å². The number of hydrazine groups is 1. The number of morpholine rings is 1. The summed E-state index contributed by atoms with van der Waals surface area (Å²) in [6.07, 6.45) is 0.652. The first-order chi connectivity index (χ1) is 9.95. The third-order valence-electron chi connectivity index (χ3n) is 4.31. The highest BCUT2D eigenvalue weighted by atomic mass is 79.9. The van der Waals surface area contributed by atoms with E-state index in [1.54, 1.807) is 12.1 Å². The van der Waals surface area contributed by atoms with E-state index in [1.807, 2.05) is 0 Å². The molecule has 0 aliphatic carbocycles. The summed E-state index contributed by atoms with van der Waals surface area (Å²) in [7, 11) is 0. The first kappa shape index (κ1) is 16.8. The molecule has 0 saturated carbocycles. The SMILES string of the molecule is CC(C)(C(Cc1cc(F)ccc1Br)NN)N1CCOCC1. The number of benzene rings is 1. The minimum absolute atomic E-state index is 0.00806. The van der Waals surface area contributed by atoms with E-state index >= 15 is 0 Å². The molecule has 1 fully saturated rings. The molecule has 2 rings (SSSR count). The summed E-state index contributed by atoms with van der Waals surface area (Å²) >= 11 is 3.48. The van der Waals surface area contributed by atoms with E-state index in [9.17, 15) is 4.39 Å². The third kappa shape index (κ3) is 4.02. The Kier molecular flexibility index (Phi) is 5.73. The smallest absolute Gasteiger partial charge is 0.123 e. The zero-order valence-electron chi connectivity index (χ0n) is 12.5. The minimum atomic E-state index is -0.229. The van der Waals surface area contributed by atoms with Gasteiger partial charge in [-0.25, -0.2) is 4.39 Å². The van der Waals surface area contributed by atoms with Crippen molar-refractivity contribution in [2.45, 2.75) is 31.8 Å². The fraction of sp³-hybridized carbons (Fsp3) is 0.600. The van der Waals surface area contributed by atoms with Gasteiger partial charge in [-0.3, -0.25) is 16.2 Å². The van der Waals surface area contributed by atoms with E-state index in [0.29, 0.717) is 6.42 Å². The van der Waals surface area contributed by atoms with Crippen molar-refractivity contribution in [2.24, 2.45) is 5.84 Å². The van der Waals surface area contributed by atoms with Crippen LogP contribution in [0.5, 0.6) is 0 Å². The van der Waals surface area contributed by atoms with Crippen molar-refractivity contribution in [1.29, 1.82) is 0 Å². The van der Waals surface area contributed by atoms with Crippen LogP contribution < -0.4 is 11.3 Å². The zero-order chi connectivity index (χ0) is 15.5. The number of ether oxygens (including phenoxy) is 1. The Morgan fingerprint density at radius 3 is 2.71 bits per heavy atom. The Morgan fingerprint density at radius 2 is 2.10 bits per heavy atom. The molecular formula is C15H23BrFN3O. The molecule has 21 heavy (non-hydrogen) atoms.